The van der Waals surface area contributed by atoms with Gasteiger partial charge >= 0.3 is 11.9 Å². The maximum Gasteiger partial charge on any atom is 0.339 e. The van der Waals surface area contributed by atoms with Crippen molar-refractivity contribution in [3.63, 3.8) is 0 Å². The summed E-state index contributed by atoms with van der Waals surface area (Å²) in [6.45, 7) is 4.19. The van der Waals surface area contributed by atoms with Gasteiger partial charge in [0.15, 0.2) is 0 Å². The Hall–Kier alpha value is -2.62. The summed E-state index contributed by atoms with van der Waals surface area (Å²) in [5.74, 6) is -0.975. The Morgan fingerprint density at radius 1 is 0.923 bits per heavy atom. The van der Waals surface area contributed by atoms with Crippen LogP contribution in [0.4, 0.5) is 0 Å². The highest BCUT2D eigenvalue weighted by atomic mass is 16.5. The fraction of sp³-hybridized carbons (Fsp3) is 0.364. The maximum absolute atomic E-state index is 12.4. The van der Waals surface area contributed by atoms with Crippen LogP contribution in [0, 0.1) is 0 Å². The lowest BCUT2D eigenvalue weighted by Gasteiger charge is -2.14. The van der Waals surface area contributed by atoms with Gasteiger partial charge in [-0.2, -0.15) is 0 Å². The van der Waals surface area contributed by atoms with Gasteiger partial charge in [0, 0.05) is 0 Å². The first kappa shape index (κ1) is 19.7. The Bertz CT molecular complexity index is 709. The number of carbonyl (C=O) groups is 2. The van der Waals surface area contributed by atoms with Gasteiger partial charge < -0.3 is 9.47 Å². The van der Waals surface area contributed by atoms with Crippen molar-refractivity contribution in [2.24, 2.45) is 0 Å². The molecule has 2 aromatic carbocycles. The molecule has 0 saturated heterocycles. The van der Waals surface area contributed by atoms with Crippen molar-refractivity contribution in [3.05, 3.63) is 71.3 Å². The third-order valence-corrected chi connectivity index (χ3v) is 4.06. The minimum atomic E-state index is -0.492. The van der Waals surface area contributed by atoms with E-state index in [9.17, 15) is 9.59 Å². The average molecular weight is 354 g/mol. The number of esters is 2. The van der Waals surface area contributed by atoms with E-state index >= 15 is 0 Å². The molecule has 2 rings (SSSR count). The monoisotopic (exact) mass is 354 g/mol. The predicted molar refractivity (Wildman–Crippen MR) is 101 cm³/mol. The van der Waals surface area contributed by atoms with E-state index in [0.717, 1.165) is 25.7 Å². The van der Waals surface area contributed by atoms with E-state index in [-0.39, 0.29) is 17.2 Å². The molecule has 1 atom stereocenters. The quantitative estimate of drug-likeness (QED) is 0.478. The van der Waals surface area contributed by atoms with Crippen molar-refractivity contribution < 1.29 is 19.1 Å². The van der Waals surface area contributed by atoms with Crippen molar-refractivity contribution in [2.45, 2.75) is 45.6 Å². The molecule has 4 nitrogen and oxygen atoms in total. The first-order valence-corrected chi connectivity index (χ1v) is 9.13. The molecule has 0 radical (unpaired) electrons. The van der Waals surface area contributed by atoms with E-state index in [2.05, 4.69) is 0 Å². The molecule has 0 aliphatic carbocycles. The number of carbonyl (C=O) groups excluding carboxylic acids is 2. The SMILES string of the molecule is CCCC(C)OC(=O)c1ccccc1C(=O)OCCCc1ccccc1. The Kier molecular flexibility index (Phi) is 7.87. The van der Waals surface area contributed by atoms with Crippen molar-refractivity contribution in [2.75, 3.05) is 6.61 Å². The Morgan fingerprint density at radius 3 is 2.19 bits per heavy atom. The largest absolute Gasteiger partial charge is 0.462 e. The van der Waals surface area contributed by atoms with E-state index in [1.807, 2.05) is 44.2 Å². The van der Waals surface area contributed by atoms with Gasteiger partial charge in [0.1, 0.15) is 0 Å². The van der Waals surface area contributed by atoms with Gasteiger partial charge in [-0.15, -0.1) is 0 Å². The maximum atomic E-state index is 12.4. The zero-order valence-corrected chi connectivity index (χ0v) is 15.4. The summed E-state index contributed by atoms with van der Waals surface area (Å²) in [4.78, 5) is 24.7. The molecule has 138 valence electrons. The molecule has 0 fully saturated rings. The molecule has 0 bridgehead atoms. The molecule has 0 N–H and O–H groups in total. The van der Waals surface area contributed by atoms with Crippen LogP contribution >= 0.6 is 0 Å². The van der Waals surface area contributed by atoms with Crippen LogP contribution in [-0.4, -0.2) is 24.6 Å². The second-order valence-corrected chi connectivity index (χ2v) is 6.28. The highest BCUT2D eigenvalue weighted by molar-refractivity contribution is 6.03. The van der Waals surface area contributed by atoms with Crippen LogP contribution in [0.5, 0.6) is 0 Å². The predicted octanol–water partition coefficient (Wildman–Crippen LogP) is 4.82. The molecule has 0 saturated carbocycles. The van der Waals surface area contributed by atoms with E-state index in [4.69, 9.17) is 9.47 Å². The van der Waals surface area contributed by atoms with Crippen molar-refractivity contribution >= 4 is 11.9 Å². The number of aryl methyl sites for hydroxylation is 1. The van der Waals surface area contributed by atoms with Crippen molar-refractivity contribution in [3.8, 4) is 0 Å². The lowest BCUT2D eigenvalue weighted by Crippen LogP contribution is -2.18. The lowest BCUT2D eigenvalue weighted by atomic mass is 10.1. The normalized spacial score (nSPS) is 11.6. The van der Waals surface area contributed by atoms with Crippen molar-refractivity contribution in [1.29, 1.82) is 0 Å². The summed E-state index contributed by atoms with van der Waals surface area (Å²) in [5, 5.41) is 0. The van der Waals surface area contributed by atoms with E-state index < -0.39 is 11.9 Å². The molecule has 1 unspecified atom stereocenters. The standard InChI is InChI=1S/C22H26O4/c1-3-10-17(2)26-22(24)20-15-8-7-14-19(20)21(23)25-16-9-13-18-11-5-4-6-12-18/h4-8,11-12,14-15,17H,3,9-10,13,16H2,1-2H3. The number of ether oxygens (including phenoxy) is 2. The zero-order valence-electron chi connectivity index (χ0n) is 15.4. The molecule has 0 aliphatic heterocycles. The summed E-state index contributed by atoms with van der Waals surface area (Å²) in [6.07, 6.45) is 3.11. The van der Waals surface area contributed by atoms with Gasteiger partial charge in [-0.25, -0.2) is 9.59 Å². The minimum Gasteiger partial charge on any atom is -0.462 e. The number of hydrogen-bond donors (Lipinski definition) is 0. The van der Waals surface area contributed by atoms with Crippen LogP contribution in [-0.2, 0) is 15.9 Å². The second kappa shape index (κ2) is 10.4. The molecule has 4 heteroatoms. The van der Waals surface area contributed by atoms with Gasteiger partial charge in [0.05, 0.1) is 23.8 Å². The summed E-state index contributed by atoms with van der Waals surface area (Å²) in [6, 6.07) is 16.7. The minimum absolute atomic E-state index is 0.178. The molecule has 0 amide bonds. The van der Waals surface area contributed by atoms with Crippen LogP contribution < -0.4 is 0 Å². The van der Waals surface area contributed by atoms with Crippen LogP contribution in [0.25, 0.3) is 0 Å². The van der Waals surface area contributed by atoms with Gasteiger partial charge in [0.2, 0.25) is 0 Å². The average Bonchev–Trinajstić information content (AvgIpc) is 2.66. The van der Waals surface area contributed by atoms with Crippen LogP contribution in [0.15, 0.2) is 54.6 Å². The molecule has 2 aromatic rings. The zero-order chi connectivity index (χ0) is 18.8. The van der Waals surface area contributed by atoms with Crippen LogP contribution in [0.1, 0.15) is 59.4 Å². The van der Waals surface area contributed by atoms with Crippen LogP contribution in [0.2, 0.25) is 0 Å². The topological polar surface area (TPSA) is 52.6 Å². The van der Waals surface area contributed by atoms with E-state index in [1.54, 1.807) is 24.3 Å². The smallest absolute Gasteiger partial charge is 0.339 e. The lowest BCUT2D eigenvalue weighted by molar-refractivity contribution is 0.0311. The molecular weight excluding hydrogens is 328 g/mol. The molecule has 0 aliphatic rings. The first-order valence-electron chi connectivity index (χ1n) is 9.13. The Labute approximate surface area is 155 Å². The first-order chi connectivity index (χ1) is 12.6. The highest BCUT2D eigenvalue weighted by Crippen LogP contribution is 2.14. The van der Waals surface area contributed by atoms with Gasteiger partial charge in [-0.05, 0) is 43.9 Å². The summed E-state index contributed by atoms with van der Waals surface area (Å²) in [7, 11) is 0. The number of benzene rings is 2. The van der Waals surface area contributed by atoms with Crippen molar-refractivity contribution in [1.82, 2.24) is 0 Å². The fourth-order valence-electron chi connectivity index (χ4n) is 2.71. The van der Waals surface area contributed by atoms with E-state index in [0.29, 0.717) is 6.61 Å². The van der Waals surface area contributed by atoms with Gasteiger partial charge in [-0.3, -0.25) is 0 Å². The second-order valence-electron chi connectivity index (χ2n) is 6.28. The fourth-order valence-corrected chi connectivity index (χ4v) is 2.71. The third-order valence-electron chi connectivity index (χ3n) is 4.06. The van der Waals surface area contributed by atoms with E-state index in [1.165, 1.54) is 5.56 Å². The number of hydrogen-bond acceptors (Lipinski definition) is 4. The van der Waals surface area contributed by atoms with Gasteiger partial charge in [-0.1, -0.05) is 55.8 Å². The summed E-state index contributed by atoms with van der Waals surface area (Å²) in [5.41, 5.74) is 1.71. The van der Waals surface area contributed by atoms with Crippen LogP contribution in [0.3, 0.4) is 0 Å². The molecule has 0 spiro atoms. The Balaban J connectivity index is 1.91. The molecule has 26 heavy (non-hydrogen) atoms. The Morgan fingerprint density at radius 2 is 1.54 bits per heavy atom. The molecular formula is C22H26O4. The summed E-state index contributed by atoms with van der Waals surface area (Å²) < 4.78 is 10.8. The van der Waals surface area contributed by atoms with Gasteiger partial charge in [0.25, 0.3) is 0 Å². The third kappa shape index (κ3) is 6.03. The highest BCUT2D eigenvalue weighted by Gasteiger charge is 2.20. The number of rotatable bonds is 9. The molecule has 0 heterocycles. The molecule has 0 aromatic heterocycles. The summed E-state index contributed by atoms with van der Waals surface area (Å²) >= 11 is 0.